The van der Waals surface area contributed by atoms with Gasteiger partial charge in [0.15, 0.2) is 0 Å². The Morgan fingerprint density at radius 2 is 1.89 bits per heavy atom. The Morgan fingerprint density at radius 1 is 1.22 bits per heavy atom. The Hall–Kier alpha value is -2.32. The van der Waals surface area contributed by atoms with Gasteiger partial charge in [-0.3, -0.25) is 4.79 Å². The van der Waals surface area contributed by atoms with E-state index in [0.29, 0.717) is 0 Å². The van der Waals surface area contributed by atoms with Crippen molar-refractivity contribution in [3.63, 3.8) is 0 Å². The van der Waals surface area contributed by atoms with Crippen molar-refractivity contribution < 1.29 is 22.5 Å². The molecular weight excluding hydrogens is 253 g/mol. The molecule has 0 aliphatic carbocycles. The number of hydrogen-bond donors (Lipinski definition) is 0. The number of halogens is 3. The molecule has 0 radical (unpaired) electrons. The summed E-state index contributed by atoms with van der Waals surface area (Å²) in [5.41, 5.74) is 0. The number of hydrogen-bond acceptors (Lipinski definition) is 6. The van der Waals surface area contributed by atoms with Gasteiger partial charge >= 0.3 is 6.18 Å². The van der Waals surface area contributed by atoms with E-state index in [4.69, 9.17) is 0 Å². The molecule has 2 aromatic rings. The van der Waals surface area contributed by atoms with Crippen molar-refractivity contribution in [3.05, 3.63) is 24.4 Å². The van der Waals surface area contributed by atoms with Crippen LogP contribution in [0, 0.1) is 0 Å². The van der Waals surface area contributed by atoms with Crippen LogP contribution in [0.3, 0.4) is 0 Å². The summed E-state index contributed by atoms with van der Waals surface area (Å²) in [4.78, 5) is 21.9. The minimum absolute atomic E-state index is 0.0689. The Labute approximate surface area is 97.9 Å². The van der Waals surface area contributed by atoms with Crippen molar-refractivity contribution in [2.75, 3.05) is 0 Å². The number of rotatable bonds is 3. The molecule has 2 heterocycles. The van der Waals surface area contributed by atoms with Crippen LogP contribution in [0.25, 0.3) is 11.6 Å². The molecule has 0 amide bonds. The maximum atomic E-state index is 12.0. The van der Waals surface area contributed by atoms with Crippen LogP contribution >= 0.6 is 0 Å². The number of aromatic nitrogens is 4. The van der Waals surface area contributed by atoms with Crippen LogP contribution in [0.1, 0.15) is 5.89 Å². The number of ketones is 1. The lowest BCUT2D eigenvalue weighted by molar-refractivity contribution is -0.170. The number of Topliss-reactive ketones (excluding diaryl/α,β-unsaturated/α-hetero) is 1. The summed E-state index contributed by atoms with van der Waals surface area (Å²) in [6.07, 6.45) is -3.08. The highest BCUT2D eigenvalue weighted by Crippen LogP contribution is 2.19. The lowest BCUT2D eigenvalue weighted by atomic mass is 10.3. The summed E-state index contributed by atoms with van der Waals surface area (Å²) in [5, 5.41) is 3.39. The minimum atomic E-state index is -4.92. The van der Waals surface area contributed by atoms with Gasteiger partial charge in [0, 0.05) is 12.4 Å². The van der Waals surface area contributed by atoms with Crippen molar-refractivity contribution in [3.8, 4) is 11.6 Å². The summed E-state index contributed by atoms with van der Waals surface area (Å²) in [6, 6.07) is 1.55. The first-order chi connectivity index (χ1) is 8.47. The topological polar surface area (TPSA) is 81.8 Å². The second-order valence-electron chi connectivity index (χ2n) is 3.18. The maximum Gasteiger partial charge on any atom is 0.450 e. The van der Waals surface area contributed by atoms with Gasteiger partial charge in [-0.05, 0) is 6.07 Å². The Morgan fingerprint density at radius 3 is 2.50 bits per heavy atom. The first kappa shape index (κ1) is 12.1. The van der Waals surface area contributed by atoms with E-state index in [2.05, 4.69) is 24.6 Å². The summed E-state index contributed by atoms with van der Waals surface area (Å²) >= 11 is 0. The summed E-state index contributed by atoms with van der Waals surface area (Å²) in [7, 11) is 0. The average Bonchev–Trinajstić information content (AvgIpc) is 2.77. The zero-order valence-electron chi connectivity index (χ0n) is 8.68. The van der Waals surface area contributed by atoms with Crippen molar-refractivity contribution in [2.24, 2.45) is 0 Å². The third-order valence-electron chi connectivity index (χ3n) is 1.86. The van der Waals surface area contributed by atoms with E-state index in [1.54, 1.807) is 6.07 Å². The summed E-state index contributed by atoms with van der Waals surface area (Å²) in [5.74, 6) is -2.35. The quantitative estimate of drug-likeness (QED) is 0.822. The van der Waals surface area contributed by atoms with Crippen LogP contribution < -0.4 is 0 Å². The highest BCUT2D eigenvalue weighted by atomic mass is 19.4. The molecule has 0 saturated carbocycles. The number of carbonyl (C=O) groups is 1. The molecule has 0 N–H and O–H groups in total. The third kappa shape index (κ3) is 2.67. The van der Waals surface area contributed by atoms with Gasteiger partial charge in [-0.15, -0.1) is 0 Å². The molecule has 0 saturated heterocycles. The van der Waals surface area contributed by atoms with Gasteiger partial charge in [0.25, 0.3) is 0 Å². The number of carbonyl (C=O) groups excluding carboxylic acids is 1. The van der Waals surface area contributed by atoms with Crippen LogP contribution in [0.15, 0.2) is 23.0 Å². The van der Waals surface area contributed by atoms with Gasteiger partial charge in [-0.1, -0.05) is 5.16 Å². The van der Waals surface area contributed by atoms with Crippen LogP contribution in [0.4, 0.5) is 13.2 Å². The molecule has 0 aliphatic heterocycles. The Kier molecular flexibility index (Phi) is 3.04. The SMILES string of the molecule is O=C(Cc1nc(-c2ncccn2)no1)C(F)(F)F. The molecule has 18 heavy (non-hydrogen) atoms. The summed E-state index contributed by atoms with van der Waals surface area (Å²) in [6.45, 7) is 0. The van der Waals surface area contributed by atoms with Crippen LogP contribution in [-0.2, 0) is 11.2 Å². The predicted molar refractivity (Wildman–Crippen MR) is 50.1 cm³/mol. The van der Waals surface area contributed by atoms with Gasteiger partial charge in [-0.2, -0.15) is 18.2 Å². The van der Waals surface area contributed by atoms with Crippen molar-refractivity contribution >= 4 is 5.78 Å². The fourth-order valence-corrected chi connectivity index (χ4v) is 1.07. The normalized spacial score (nSPS) is 11.5. The minimum Gasteiger partial charge on any atom is -0.338 e. The molecule has 6 nitrogen and oxygen atoms in total. The Bertz CT molecular complexity index is 552. The van der Waals surface area contributed by atoms with Crippen LogP contribution in [-0.4, -0.2) is 32.1 Å². The molecule has 0 unspecified atom stereocenters. The molecular formula is C9H5F3N4O2. The van der Waals surface area contributed by atoms with E-state index in [1.807, 2.05) is 0 Å². The second kappa shape index (κ2) is 4.51. The van der Waals surface area contributed by atoms with E-state index in [-0.39, 0.29) is 11.6 Å². The third-order valence-corrected chi connectivity index (χ3v) is 1.86. The number of nitrogens with zero attached hydrogens (tertiary/aromatic N) is 4. The molecule has 0 aromatic carbocycles. The van der Waals surface area contributed by atoms with Crippen LogP contribution in [0.2, 0.25) is 0 Å². The highest BCUT2D eigenvalue weighted by Gasteiger charge is 2.39. The predicted octanol–water partition coefficient (Wildman–Crippen LogP) is 1.20. The van der Waals surface area contributed by atoms with Gasteiger partial charge in [-0.25, -0.2) is 9.97 Å². The second-order valence-corrected chi connectivity index (χ2v) is 3.18. The van der Waals surface area contributed by atoms with E-state index in [9.17, 15) is 18.0 Å². The molecule has 2 aromatic heterocycles. The Balaban J connectivity index is 2.15. The van der Waals surface area contributed by atoms with E-state index >= 15 is 0 Å². The fourth-order valence-electron chi connectivity index (χ4n) is 1.07. The van der Waals surface area contributed by atoms with Gasteiger partial charge in [0.1, 0.15) is 0 Å². The fraction of sp³-hybridized carbons (Fsp3) is 0.222. The van der Waals surface area contributed by atoms with Gasteiger partial charge < -0.3 is 4.52 Å². The highest BCUT2D eigenvalue weighted by molar-refractivity contribution is 5.85. The van der Waals surface area contributed by atoms with E-state index < -0.39 is 24.3 Å². The van der Waals surface area contributed by atoms with E-state index in [1.165, 1.54) is 12.4 Å². The standard InChI is InChI=1S/C9H5F3N4O2/c10-9(11,12)5(17)4-6-15-8(16-18-6)7-13-2-1-3-14-7/h1-3H,4H2. The van der Waals surface area contributed by atoms with Gasteiger partial charge in [0.2, 0.25) is 23.3 Å². The van der Waals surface area contributed by atoms with Crippen molar-refractivity contribution in [1.29, 1.82) is 0 Å². The first-order valence-electron chi connectivity index (χ1n) is 4.67. The van der Waals surface area contributed by atoms with Crippen molar-refractivity contribution in [1.82, 2.24) is 20.1 Å². The lowest BCUT2D eigenvalue weighted by Gasteiger charge is -2.00. The molecule has 0 bridgehead atoms. The molecule has 0 aliphatic rings. The zero-order valence-corrected chi connectivity index (χ0v) is 8.68. The van der Waals surface area contributed by atoms with Crippen molar-refractivity contribution in [2.45, 2.75) is 12.6 Å². The average molecular weight is 258 g/mol. The van der Waals surface area contributed by atoms with Crippen LogP contribution in [0.5, 0.6) is 0 Å². The first-order valence-corrected chi connectivity index (χ1v) is 4.67. The largest absolute Gasteiger partial charge is 0.450 e. The molecule has 0 atom stereocenters. The molecule has 0 fully saturated rings. The monoisotopic (exact) mass is 258 g/mol. The number of alkyl halides is 3. The summed E-state index contributed by atoms with van der Waals surface area (Å²) < 4.78 is 40.5. The molecule has 0 spiro atoms. The lowest BCUT2D eigenvalue weighted by Crippen LogP contribution is -2.24. The molecule has 94 valence electrons. The maximum absolute atomic E-state index is 12.0. The van der Waals surface area contributed by atoms with Gasteiger partial charge in [0.05, 0.1) is 6.42 Å². The smallest absolute Gasteiger partial charge is 0.338 e. The molecule has 9 heteroatoms. The zero-order chi connectivity index (χ0) is 13.2. The molecule has 2 rings (SSSR count). The van der Waals surface area contributed by atoms with E-state index in [0.717, 1.165) is 0 Å².